The van der Waals surface area contributed by atoms with Crippen LogP contribution in [-0.4, -0.2) is 11.1 Å². The van der Waals surface area contributed by atoms with Gasteiger partial charge in [0.25, 0.3) is 0 Å². The number of hydrogen-bond acceptors (Lipinski definition) is 2. The number of aliphatic hydroxyl groups excluding tert-OH is 1. The van der Waals surface area contributed by atoms with Crippen molar-refractivity contribution in [1.29, 1.82) is 0 Å². The van der Waals surface area contributed by atoms with Crippen molar-refractivity contribution in [3.8, 4) is 0 Å². The molecule has 0 aromatic heterocycles. The lowest BCUT2D eigenvalue weighted by molar-refractivity contribution is 0.259. The molecule has 4 heteroatoms. The van der Waals surface area contributed by atoms with Crippen LogP contribution in [0, 0.1) is 0 Å². The van der Waals surface area contributed by atoms with Gasteiger partial charge in [-0.2, -0.15) is 0 Å². The van der Waals surface area contributed by atoms with Gasteiger partial charge in [-0.05, 0) is 17.7 Å². The fourth-order valence-electron chi connectivity index (χ4n) is 0.836. The van der Waals surface area contributed by atoms with E-state index in [1.165, 1.54) is 0 Å². The minimum absolute atomic E-state index is 0.00312. The van der Waals surface area contributed by atoms with Gasteiger partial charge >= 0.3 is 6.03 Å². The third kappa shape index (κ3) is 2.25. The van der Waals surface area contributed by atoms with Crippen LogP contribution in [0.25, 0.3) is 0 Å². The van der Waals surface area contributed by atoms with Crippen LogP contribution in [0.2, 0.25) is 0 Å². The predicted octanol–water partition coefficient (Wildman–Crippen LogP) is 0.670. The summed E-state index contributed by atoms with van der Waals surface area (Å²) >= 11 is 0. The molecule has 0 saturated heterocycles. The minimum Gasteiger partial charge on any atom is -0.392 e. The van der Waals surface area contributed by atoms with Crippen LogP contribution >= 0.6 is 0 Å². The van der Waals surface area contributed by atoms with Crippen LogP contribution in [0.15, 0.2) is 24.3 Å². The largest absolute Gasteiger partial charge is 0.392 e. The summed E-state index contributed by atoms with van der Waals surface area (Å²) in [6.45, 7) is -0.00312. The highest BCUT2D eigenvalue weighted by Gasteiger charge is 1.94. The molecule has 1 rings (SSSR count). The van der Waals surface area contributed by atoms with E-state index in [0.29, 0.717) is 5.69 Å². The quantitative estimate of drug-likeness (QED) is 0.604. The van der Waals surface area contributed by atoms with Gasteiger partial charge in [0.1, 0.15) is 0 Å². The van der Waals surface area contributed by atoms with Crippen LogP contribution in [0.4, 0.5) is 10.5 Å². The molecule has 2 amide bonds. The molecule has 64 valence electrons. The summed E-state index contributed by atoms with van der Waals surface area (Å²) in [6.07, 6.45) is 0. The number of nitrogens with one attached hydrogen (secondary N) is 1. The van der Waals surface area contributed by atoms with Crippen LogP contribution in [-0.2, 0) is 6.61 Å². The second-order valence-electron chi connectivity index (χ2n) is 2.34. The Kier molecular flexibility index (Phi) is 2.66. The molecule has 0 unspecified atom stereocenters. The van der Waals surface area contributed by atoms with Crippen molar-refractivity contribution in [1.82, 2.24) is 0 Å². The lowest BCUT2D eigenvalue weighted by Crippen LogP contribution is -2.19. The van der Waals surface area contributed by atoms with E-state index in [-0.39, 0.29) is 6.61 Å². The molecule has 0 aliphatic rings. The Labute approximate surface area is 70.0 Å². The van der Waals surface area contributed by atoms with Crippen LogP contribution < -0.4 is 11.1 Å². The maximum absolute atomic E-state index is 10.4. The van der Waals surface area contributed by atoms with Crippen molar-refractivity contribution < 1.29 is 9.90 Å². The highest BCUT2D eigenvalue weighted by molar-refractivity contribution is 5.87. The average Bonchev–Trinajstić information content (AvgIpc) is 2.05. The Hall–Kier alpha value is -1.55. The molecule has 0 heterocycles. The minimum atomic E-state index is -0.591. The van der Waals surface area contributed by atoms with Crippen LogP contribution in [0.3, 0.4) is 0 Å². The van der Waals surface area contributed by atoms with Gasteiger partial charge in [0.05, 0.1) is 6.61 Å². The first-order valence-corrected chi connectivity index (χ1v) is 3.48. The third-order valence-electron chi connectivity index (χ3n) is 1.40. The zero-order valence-corrected chi connectivity index (χ0v) is 6.45. The van der Waals surface area contributed by atoms with Gasteiger partial charge in [0.2, 0.25) is 0 Å². The zero-order chi connectivity index (χ0) is 8.97. The molecule has 0 aliphatic heterocycles. The number of rotatable bonds is 2. The lowest BCUT2D eigenvalue weighted by atomic mass is 10.2. The Morgan fingerprint density at radius 1 is 1.42 bits per heavy atom. The molecule has 12 heavy (non-hydrogen) atoms. The van der Waals surface area contributed by atoms with Crippen molar-refractivity contribution in [3.05, 3.63) is 29.8 Å². The molecule has 0 bridgehead atoms. The normalized spacial score (nSPS) is 9.42. The molecule has 0 saturated carbocycles. The number of carbonyl (C=O) groups excluding carboxylic acids is 1. The summed E-state index contributed by atoms with van der Waals surface area (Å²) in [4.78, 5) is 10.4. The van der Waals surface area contributed by atoms with E-state index in [4.69, 9.17) is 10.8 Å². The highest BCUT2D eigenvalue weighted by atomic mass is 16.3. The maximum Gasteiger partial charge on any atom is 0.316 e. The van der Waals surface area contributed by atoms with Crippen LogP contribution in [0.5, 0.6) is 0 Å². The molecule has 1 aromatic rings. The number of urea groups is 1. The average molecular weight is 166 g/mol. The summed E-state index contributed by atoms with van der Waals surface area (Å²) < 4.78 is 0. The molecular formula is C8H10N2O2. The van der Waals surface area contributed by atoms with Gasteiger partial charge < -0.3 is 16.2 Å². The summed E-state index contributed by atoms with van der Waals surface area (Å²) in [5.74, 6) is 0. The number of nitrogens with two attached hydrogens (primary N) is 1. The first-order valence-electron chi connectivity index (χ1n) is 3.48. The van der Waals surface area contributed by atoms with E-state index in [0.717, 1.165) is 5.56 Å². The fourth-order valence-corrected chi connectivity index (χ4v) is 0.836. The first-order chi connectivity index (χ1) is 5.72. The third-order valence-corrected chi connectivity index (χ3v) is 1.40. The van der Waals surface area contributed by atoms with E-state index >= 15 is 0 Å². The SMILES string of the molecule is NC(=O)Nc1ccc(CO)cc1. The zero-order valence-electron chi connectivity index (χ0n) is 6.45. The molecule has 4 N–H and O–H groups in total. The Morgan fingerprint density at radius 3 is 2.42 bits per heavy atom. The van der Waals surface area contributed by atoms with Crippen molar-refractivity contribution in [2.24, 2.45) is 5.73 Å². The predicted molar refractivity (Wildman–Crippen MR) is 45.6 cm³/mol. The Balaban J connectivity index is 2.71. The maximum atomic E-state index is 10.4. The molecule has 0 aliphatic carbocycles. The smallest absolute Gasteiger partial charge is 0.316 e. The van der Waals surface area contributed by atoms with Crippen LogP contribution in [0.1, 0.15) is 5.56 Å². The number of benzene rings is 1. The number of primary amides is 1. The van der Waals surface area contributed by atoms with Gasteiger partial charge in [-0.1, -0.05) is 12.1 Å². The first kappa shape index (κ1) is 8.55. The number of aliphatic hydroxyl groups is 1. The molecule has 4 nitrogen and oxygen atoms in total. The number of carbonyl (C=O) groups is 1. The summed E-state index contributed by atoms with van der Waals surface area (Å²) in [5, 5.41) is 11.1. The Morgan fingerprint density at radius 2 is 2.00 bits per heavy atom. The highest BCUT2D eigenvalue weighted by Crippen LogP contribution is 2.08. The number of anilines is 1. The molecular weight excluding hydrogens is 156 g/mol. The van der Waals surface area contributed by atoms with Gasteiger partial charge in [0.15, 0.2) is 0 Å². The van der Waals surface area contributed by atoms with E-state index in [2.05, 4.69) is 5.32 Å². The lowest BCUT2D eigenvalue weighted by Gasteiger charge is -2.01. The van der Waals surface area contributed by atoms with E-state index in [1.54, 1.807) is 24.3 Å². The number of amides is 2. The van der Waals surface area contributed by atoms with Gasteiger partial charge in [-0.15, -0.1) is 0 Å². The van der Waals surface area contributed by atoms with E-state index in [9.17, 15) is 4.79 Å². The standard InChI is InChI=1S/C8H10N2O2/c9-8(12)10-7-3-1-6(5-11)2-4-7/h1-4,11H,5H2,(H3,9,10,12). The monoisotopic (exact) mass is 166 g/mol. The number of hydrogen-bond donors (Lipinski definition) is 3. The second kappa shape index (κ2) is 3.73. The fraction of sp³-hybridized carbons (Fsp3) is 0.125. The van der Waals surface area contributed by atoms with Crippen molar-refractivity contribution >= 4 is 11.7 Å². The van der Waals surface area contributed by atoms with Crippen molar-refractivity contribution in [2.75, 3.05) is 5.32 Å². The summed E-state index contributed by atoms with van der Waals surface area (Å²) in [5.41, 5.74) is 6.32. The Bertz CT molecular complexity index is 269. The van der Waals surface area contributed by atoms with Gasteiger partial charge in [0, 0.05) is 5.69 Å². The molecule has 0 fully saturated rings. The second-order valence-corrected chi connectivity index (χ2v) is 2.34. The van der Waals surface area contributed by atoms with Gasteiger partial charge in [-0.3, -0.25) is 0 Å². The van der Waals surface area contributed by atoms with E-state index < -0.39 is 6.03 Å². The molecule has 0 atom stereocenters. The van der Waals surface area contributed by atoms with E-state index in [1.807, 2.05) is 0 Å². The molecule has 1 aromatic carbocycles. The molecule has 0 spiro atoms. The topological polar surface area (TPSA) is 75.4 Å². The summed E-state index contributed by atoms with van der Waals surface area (Å²) in [7, 11) is 0. The van der Waals surface area contributed by atoms with Gasteiger partial charge in [-0.25, -0.2) is 4.79 Å². The molecule has 0 radical (unpaired) electrons. The van der Waals surface area contributed by atoms with Crippen molar-refractivity contribution in [2.45, 2.75) is 6.61 Å². The summed E-state index contributed by atoms with van der Waals surface area (Å²) in [6, 6.07) is 6.19. The van der Waals surface area contributed by atoms with Crippen molar-refractivity contribution in [3.63, 3.8) is 0 Å².